The number of hydrogen-bond acceptors (Lipinski definition) is 4. The fourth-order valence-corrected chi connectivity index (χ4v) is 3.59. The Kier molecular flexibility index (Phi) is 4.72. The highest BCUT2D eigenvalue weighted by molar-refractivity contribution is 6.10. The van der Waals surface area contributed by atoms with E-state index in [9.17, 15) is 9.90 Å². The van der Waals surface area contributed by atoms with Crippen molar-refractivity contribution >= 4 is 33.7 Å². The zero-order chi connectivity index (χ0) is 20.5. The number of rotatable bonds is 5. The van der Waals surface area contributed by atoms with Crippen molar-refractivity contribution in [2.45, 2.75) is 0 Å². The van der Waals surface area contributed by atoms with Crippen LogP contribution in [0.1, 0.15) is 15.9 Å². The summed E-state index contributed by atoms with van der Waals surface area (Å²) in [6, 6.07) is 17.4. The van der Waals surface area contributed by atoms with Crippen LogP contribution in [0.5, 0.6) is 17.2 Å². The number of aromatic hydroxyl groups is 1. The Morgan fingerprint density at radius 3 is 2.28 bits per heavy atom. The van der Waals surface area contributed by atoms with Crippen LogP contribution in [0.15, 0.2) is 60.7 Å². The van der Waals surface area contributed by atoms with Gasteiger partial charge in [0, 0.05) is 34.4 Å². The van der Waals surface area contributed by atoms with E-state index in [4.69, 9.17) is 9.47 Å². The van der Waals surface area contributed by atoms with E-state index in [0.29, 0.717) is 5.56 Å². The maximum Gasteiger partial charge on any atom is 0.200 e. The van der Waals surface area contributed by atoms with Gasteiger partial charge in [-0.2, -0.15) is 0 Å². The van der Waals surface area contributed by atoms with Gasteiger partial charge in [0.2, 0.25) is 5.75 Å². The summed E-state index contributed by atoms with van der Waals surface area (Å²) in [7, 11) is 4.91. The summed E-state index contributed by atoms with van der Waals surface area (Å²) in [6.07, 6.45) is 3.30. The van der Waals surface area contributed by atoms with Crippen molar-refractivity contribution < 1.29 is 19.4 Å². The Morgan fingerprint density at radius 2 is 1.59 bits per heavy atom. The number of hydrogen-bond donors (Lipinski definition) is 1. The topological polar surface area (TPSA) is 60.7 Å². The van der Waals surface area contributed by atoms with Crippen LogP contribution < -0.4 is 9.47 Å². The first-order chi connectivity index (χ1) is 14.0. The van der Waals surface area contributed by atoms with Crippen molar-refractivity contribution in [1.29, 1.82) is 0 Å². The van der Waals surface area contributed by atoms with Crippen molar-refractivity contribution in [1.82, 2.24) is 4.57 Å². The zero-order valence-corrected chi connectivity index (χ0v) is 16.5. The van der Waals surface area contributed by atoms with E-state index >= 15 is 0 Å². The molecule has 0 fully saturated rings. The lowest BCUT2D eigenvalue weighted by Gasteiger charge is -2.09. The molecule has 1 N–H and O–H groups in total. The molecule has 1 aromatic heterocycles. The number of carbonyl (C=O) groups excluding carboxylic acids is 1. The number of fused-ring (bicyclic) bond motifs is 3. The summed E-state index contributed by atoms with van der Waals surface area (Å²) in [4.78, 5) is 12.7. The molecule has 4 rings (SSSR count). The predicted molar refractivity (Wildman–Crippen MR) is 115 cm³/mol. The van der Waals surface area contributed by atoms with Crippen LogP contribution in [-0.2, 0) is 7.05 Å². The van der Waals surface area contributed by atoms with Crippen molar-refractivity contribution in [2.75, 3.05) is 14.2 Å². The maximum atomic E-state index is 12.7. The molecule has 0 aliphatic heterocycles. The molecule has 1 heterocycles. The smallest absolute Gasteiger partial charge is 0.200 e. The quantitative estimate of drug-likeness (QED) is 0.389. The normalized spacial score (nSPS) is 11.4. The summed E-state index contributed by atoms with van der Waals surface area (Å²) < 4.78 is 12.4. The number of para-hydroxylation sites is 1. The molecule has 4 aromatic rings. The number of methoxy groups -OCH3 is 2. The molecule has 0 aliphatic rings. The van der Waals surface area contributed by atoms with Gasteiger partial charge in [0.15, 0.2) is 17.3 Å². The molecule has 29 heavy (non-hydrogen) atoms. The van der Waals surface area contributed by atoms with Gasteiger partial charge in [0.1, 0.15) is 0 Å². The number of benzene rings is 3. The second kappa shape index (κ2) is 7.36. The minimum atomic E-state index is -0.209. The third kappa shape index (κ3) is 3.21. The molecule has 5 nitrogen and oxygen atoms in total. The average molecular weight is 387 g/mol. The average Bonchev–Trinajstić information content (AvgIpc) is 3.04. The van der Waals surface area contributed by atoms with E-state index in [2.05, 4.69) is 35.9 Å². The zero-order valence-electron chi connectivity index (χ0n) is 16.5. The fraction of sp³-hybridized carbons (Fsp3) is 0.125. The number of aryl methyl sites for hydroxylation is 1. The van der Waals surface area contributed by atoms with E-state index in [1.807, 2.05) is 18.2 Å². The third-order valence-corrected chi connectivity index (χ3v) is 5.13. The Hall–Kier alpha value is -3.73. The second-order valence-electron chi connectivity index (χ2n) is 6.78. The molecule has 5 heteroatoms. The molecule has 0 aliphatic carbocycles. The van der Waals surface area contributed by atoms with Gasteiger partial charge in [-0.1, -0.05) is 30.3 Å². The minimum Gasteiger partial charge on any atom is -0.502 e. The second-order valence-corrected chi connectivity index (χ2v) is 6.78. The number of ether oxygens (including phenoxy) is 2. The minimum absolute atomic E-state index is 0.128. The van der Waals surface area contributed by atoms with E-state index in [1.165, 1.54) is 43.3 Å². The van der Waals surface area contributed by atoms with Gasteiger partial charge >= 0.3 is 0 Å². The molecule has 3 aromatic carbocycles. The van der Waals surface area contributed by atoms with Crippen molar-refractivity contribution in [3.63, 3.8) is 0 Å². The molecule has 0 saturated carbocycles. The summed E-state index contributed by atoms with van der Waals surface area (Å²) in [6.45, 7) is 0. The highest BCUT2D eigenvalue weighted by Gasteiger charge is 2.14. The van der Waals surface area contributed by atoms with Crippen LogP contribution >= 0.6 is 0 Å². The van der Waals surface area contributed by atoms with Crippen LogP contribution in [0, 0.1) is 0 Å². The van der Waals surface area contributed by atoms with Gasteiger partial charge in [-0.05, 0) is 42.0 Å². The van der Waals surface area contributed by atoms with Gasteiger partial charge in [0.25, 0.3) is 0 Å². The Labute approximate surface area is 168 Å². The number of phenols is 1. The van der Waals surface area contributed by atoms with Gasteiger partial charge in [-0.3, -0.25) is 4.79 Å². The third-order valence-electron chi connectivity index (χ3n) is 5.13. The summed E-state index contributed by atoms with van der Waals surface area (Å²) in [5.74, 6) is 0.0492. The standard InChI is InChI=1S/C24H21NO4/c1-25-19-7-5-4-6-17(19)18-12-15(8-10-20(18)25)9-11-21(26)16-13-22(28-2)24(27)23(14-16)29-3/h4-14,27H,1-3H3/b11-9+. The van der Waals surface area contributed by atoms with Crippen LogP contribution in [0.4, 0.5) is 0 Å². The highest BCUT2D eigenvalue weighted by Crippen LogP contribution is 2.37. The number of aromatic nitrogens is 1. The van der Waals surface area contributed by atoms with Crippen LogP contribution in [-0.4, -0.2) is 29.7 Å². The summed E-state index contributed by atoms with van der Waals surface area (Å²) >= 11 is 0. The number of carbonyl (C=O) groups is 1. The number of ketones is 1. The fourth-order valence-electron chi connectivity index (χ4n) is 3.59. The van der Waals surface area contributed by atoms with Crippen LogP contribution in [0.2, 0.25) is 0 Å². The Morgan fingerprint density at radius 1 is 0.931 bits per heavy atom. The largest absolute Gasteiger partial charge is 0.502 e. The van der Waals surface area contributed by atoms with Crippen LogP contribution in [0.3, 0.4) is 0 Å². The molecule has 0 bridgehead atoms. The molecule has 0 unspecified atom stereocenters. The lowest BCUT2D eigenvalue weighted by atomic mass is 10.1. The Bertz CT molecular complexity index is 1240. The maximum absolute atomic E-state index is 12.7. The first-order valence-electron chi connectivity index (χ1n) is 9.18. The molecule has 0 spiro atoms. The predicted octanol–water partition coefficient (Wildman–Crippen LogP) is 4.95. The molecular formula is C24H21NO4. The monoisotopic (exact) mass is 387 g/mol. The van der Waals surface area contributed by atoms with Crippen molar-refractivity contribution in [3.05, 3.63) is 71.8 Å². The van der Waals surface area contributed by atoms with Gasteiger partial charge in [-0.15, -0.1) is 0 Å². The van der Waals surface area contributed by atoms with Gasteiger partial charge in [0.05, 0.1) is 14.2 Å². The number of phenolic OH excluding ortho intramolecular Hbond substituents is 1. The first kappa shape index (κ1) is 18.6. The van der Waals surface area contributed by atoms with Gasteiger partial charge < -0.3 is 19.1 Å². The first-order valence-corrected chi connectivity index (χ1v) is 9.18. The molecule has 146 valence electrons. The molecule has 0 amide bonds. The molecule has 0 saturated heterocycles. The summed E-state index contributed by atoms with van der Waals surface area (Å²) in [5, 5.41) is 12.3. The van der Waals surface area contributed by atoms with Crippen LogP contribution in [0.25, 0.3) is 27.9 Å². The number of nitrogens with zero attached hydrogens (tertiary/aromatic N) is 1. The molecule has 0 atom stereocenters. The van der Waals surface area contributed by atoms with E-state index in [-0.39, 0.29) is 23.0 Å². The van der Waals surface area contributed by atoms with E-state index < -0.39 is 0 Å². The Balaban J connectivity index is 1.70. The van der Waals surface area contributed by atoms with E-state index in [0.717, 1.165) is 16.5 Å². The molecular weight excluding hydrogens is 366 g/mol. The van der Waals surface area contributed by atoms with E-state index in [1.54, 1.807) is 6.08 Å². The SMILES string of the molecule is COc1cc(C(=O)/C=C/c2ccc3c(c2)c2ccccc2n3C)cc(OC)c1O. The number of allylic oxidation sites excluding steroid dienone is 1. The lowest BCUT2D eigenvalue weighted by molar-refractivity contribution is 0.104. The molecule has 0 radical (unpaired) electrons. The van der Waals surface area contributed by atoms with Crippen molar-refractivity contribution in [2.24, 2.45) is 7.05 Å². The summed E-state index contributed by atoms with van der Waals surface area (Å²) in [5.41, 5.74) is 3.62. The van der Waals surface area contributed by atoms with Crippen molar-refractivity contribution in [3.8, 4) is 17.2 Å². The highest BCUT2D eigenvalue weighted by atomic mass is 16.5. The lowest BCUT2D eigenvalue weighted by Crippen LogP contribution is -1.98. The van der Waals surface area contributed by atoms with Gasteiger partial charge in [-0.25, -0.2) is 0 Å².